The largest absolute Gasteiger partial charge is 0.323 e. The van der Waals surface area contributed by atoms with Gasteiger partial charge in [-0.1, -0.05) is 11.6 Å². The number of carbonyl (C=O) groups excluding carboxylic acids is 3. The molecule has 0 heterocycles. The Morgan fingerprint density at radius 3 is 2.15 bits per heavy atom. The number of ketones is 1. The molecule has 5 nitrogen and oxygen atoms in total. The Kier molecular flexibility index (Phi) is 6.25. The molecule has 2 aromatic rings. The molecule has 0 aliphatic rings. The van der Waals surface area contributed by atoms with Crippen LogP contribution in [0, 0.1) is 5.82 Å². The normalized spacial score (nSPS) is 11.0. The summed E-state index contributed by atoms with van der Waals surface area (Å²) < 4.78 is 13.1. The smallest absolute Gasteiger partial charge is 0.251 e. The second kappa shape index (κ2) is 8.40. The third-order valence-electron chi connectivity index (χ3n) is 3.44. The van der Waals surface area contributed by atoms with Gasteiger partial charge in [-0.15, -0.1) is 0 Å². The summed E-state index contributed by atoms with van der Waals surface area (Å²) in [5, 5.41) is 5.01. The molecule has 0 spiro atoms. The molecule has 0 aliphatic heterocycles. The summed E-state index contributed by atoms with van der Waals surface area (Å²) in [6.07, 6.45) is 1.14. The van der Waals surface area contributed by atoms with Gasteiger partial charge >= 0.3 is 0 Å². The van der Waals surface area contributed by atoms with E-state index in [-0.39, 0.29) is 16.4 Å². The average Bonchev–Trinajstić information content (AvgIpc) is 2.58. The third kappa shape index (κ3) is 5.26. The minimum atomic E-state index is -0.591. The molecule has 134 valence electrons. The van der Waals surface area contributed by atoms with Crippen LogP contribution in [0.15, 0.2) is 54.1 Å². The predicted octanol–water partition coefficient (Wildman–Crippen LogP) is 4.21. The highest BCUT2D eigenvalue weighted by molar-refractivity contribution is 6.31. The van der Waals surface area contributed by atoms with Gasteiger partial charge in [-0.2, -0.15) is 0 Å². The zero-order chi connectivity index (χ0) is 19.3. The van der Waals surface area contributed by atoms with Gasteiger partial charge in [0.1, 0.15) is 5.82 Å². The SMILES string of the molecule is CC(=O)c1ccc(NC(=O)/C=C(\C)C(=O)Nc2ccc(F)c(Cl)c2)cc1. The van der Waals surface area contributed by atoms with Gasteiger partial charge in [0.2, 0.25) is 5.91 Å². The number of Topliss-reactive ketones (excluding diaryl/α,β-unsaturated/α-hetero) is 1. The Morgan fingerprint density at radius 1 is 0.962 bits per heavy atom. The minimum Gasteiger partial charge on any atom is -0.323 e. The van der Waals surface area contributed by atoms with Crippen LogP contribution < -0.4 is 10.6 Å². The van der Waals surface area contributed by atoms with Crippen LogP contribution in [0.2, 0.25) is 5.02 Å². The summed E-state index contributed by atoms with van der Waals surface area (Å²) >= 11 is 5.66. The first-order valence-corrected chi connectivity index (χ1v) is 8.01. The van der Waals surface area contributed by atoms with E-state index in [0.29, 0.717) is 16.9 Å². The van der Waals surface area contributed by atoms with Crippen molar-refractivity contribution in [1.29, 1.82) is 0 Å². The molecule has 2 amide bonds. The molecule has 26 heavy (non-hydrogen) atoms. The molecule has 0 bridgehead atoms. The molecule has 0 aliphatic carbocycles. The van der Waals surface area contributed by atoms with E-state index in [1.54, 1.807) is 24.3 Å². The Labute approximate surface area is 154 Å². The molecular formula is C19H16ClFN2O3. The maximum atomic E-state index is 13.1. The first-order valence-electron chi connectivity index (χ1n) is 7.63. The van der Waals surface area contributed by atoms with Crippen LogP contribution in [0.4, 0.5) is 15.8 Å². The first kappa shape index (κ1) is 19.3. The molecule has 2 rings (SSSR count). The standard InChI is InChI=1S/C19H16ClFN2O3/c1-11(19(26)23-15-7-8-17(21)16(20)10-15)9-18(25)22-14-5-3-13(4-6-14)12(2)24/h3-10H,1-2H3,(H,22,25)(H,23,26)/b11-9+. The first-order chi connectivity index (χ1) is 12.3. The summed E-state index contributed by atoms with van der Waals surface area (Å²) in [6.45, 7) is 2.92. The highest BCUT2D eigenvalue weighted by Crippen LogP contribution is 2.19. The quantitative estimate of drug-likeness (QED) is 0.608. The molecule has 0 atom stereocenters. The van der Waals surface area contributed by atoms with E-state index in [0.717, 1.165) is 12.1 Å². The molecule has 7 heteroatoms. The van der Waals surface area contributed by atoms with E-state index in [1.807, 2.05) is 0 Å². The highest BCUT2D eigenvalue weighted by atomic mass is 35.5. The van der Waals surface area contributed by atoms with Crippen molar-refractivity contribution >= 4 is 40.6 Å². The fourth-order valence-corrected chi connectivity index (χ4v) is 2.21. The summed E-state index contributed by atoms with van der Waals surface area (Å²) in [7, 11) is 0. The monoisotopic (exact) mass is 374 g/mol. The molecule has 0 saturated heterocycles. The van der Waals surface area contributed by atoms with Gasteiger partial charge in [-0.3, -0.25) is 14.4 Å². The number of nitrogens with one attached hydrogen (secondary N) is 2. The minimum absolute atomic E-state index is 0.0730. The Bertz CT molecular complexity index is 892. The van der Waals surface area contributed by atoms with E-state index in [4.69, 9.17) is 11.6 Å². The fraction of sp³-hybridized carbons (Fsp3) is 0.105. The number of benzene rings is 2. The number of anilines is 2. The van der Waals surface area contributed by atoms with Crippen molar-refractivity contribution in [3.63, 3.8) is 0 Å². The molecule has 0 saturated carbocycles. The maximum absolute atomic E-state index is 13.1. The molecule has 2 aromatic carbocycles. The topological polar surface area (TPSA) is 75.3 Å². The van der Waals surface area contributed by atoms with E-state index >= 15 is 0 Å². The fourth-order valence-electron chi connectivity index (χ4n) is 2.03. The second-order valence-corrected chi connectivity index (χ2v) is 5.94. The number of hydrogen-bond acceptors (Lipinski definition) is 3. The van der Waals surface area contributed by atoms with Crippen molar-refractivity contribution in [2.24, 2.45) is 0 Å². The van der Waals surface area contributed by atoms with Crippen molar-refractivity contribution in [1.82, 2.24) is 0 Å². The molecule has 0 aromatic heterocycles. The van der Waals surface area contributed by atoms with Crippen LogP contribution in [0.3, 0.4) is 0 Å². The molecule has 0 unspecified atom stereocenters. The van der Waals surface area contributed by atoms with Gasteiger partial charge in [0.25, 0.3) is 5.91 Å². The van der Waals surface area contributed by atoms with Crippen LogP contribution in [0.5, 0.6) is 0 Å². The van der Waals surface area contributed by atoms with E-state index in [9.17, 15) is 18.8 Å². The van der Waals surface area contributed by atoms with Crippen LogP contribution in [0.1, 0.15) is 24.2 Å². The average molecular weight is 375 g/mol. The summed E-state index contributed by atoms with van der Waals surface area (Å²) in [6, 6.07) is 10.2. The van der Waals surface area contributed by atoms with Gasteiger partial charge in [0.15, 0.2) is 5.78 Å². The number of carbonyl (C=O) groups is 3. The van der Waals surface area contributed by atoms with Crippen LogP contribution in [0.25, 0.3) is 0 Å². The predicted molar refractivity (Wildman–Crippen MR) is 98.9 cm³/mol. The Balaban J connectivity index is 2.00. The summed E-state index contributed by atoms with van der Waals surface area (Å²) in [5.74, 6) is -1.68. The lowest BCUT2D eigenvalue weighted by Gasteiger charge is -2.07. The summed E-state index contributed by atoms with van der Waals surface area (Å²) in [5.41, 5.74) is 1.50. The Morgan fingerprint density at radius 2 is 1.58 bits per heavy atom. The van der Waals surface area contributed by atoms with Crippen molar-refractivity contribution < 1.29 is 18.8 Å². The zero-order valence-corrected chi connectivity index (χ0v) is 14.9. The number of amides is 2. The molecule has 0 fully saturated rings. The van der Waals surface area contributed by atoms with Gasteiger partial charge in [-0.25, -0.2) is 4.39 Å². The number of hydrogen-bond donors (Lipinski definition) is 2. The second-order valence-electron chi connectivity index (χ2n) is 5.53. The van der Waals surface area contributed by atoms with Crippen molar-refractivity contribution in [3.8, 4) is 0 Å². The van der Waals surface area contributed by atoms with Gasteiger partial charge in [0.05, 0.1) is 5.02 Å². The highest BCUT2D eigenvalue weighted by Gasteiger charge is 2.09. The molecule has 0 radical (unpaired) electrons. The van der Waals surface area contributed by atoms with Crippen LogP contribution in [-0.4, -0.2) is 17.6 Å². The van der Waals surface area contributed by atoms with Crippen molar-refractivity contribution in [3.05, 3.63) is 70.5 Å². The van der Waals surface area contributed by atoms with E-state index in [1.165, 1.54) is 26.0 Å². The lowest BCUT2D eigenvalue weighted by Crippen LogP contribution is -2.16. The van der Waals surface area contributed by atoms with Gasteiger partial charge in [0, 0.05) is 28.6 Å². The van der Waals surface area contributed by atoms with E-state index < -0.39 is 17.6 Å². The molecular weight excluding hydrogens is 359 g/mol. The van der Waals surface area contributed by atoms with Gasteiger partial charge < -0.3 is 10.6 Å². The zero-order valence-electron chi connectivity index (χ0n) is 14.1. The third-order valence-corrected chi connectivity index (χ3v) is 3.73. The maximum Gasteiger partial charge on any atom is 0.251 e. The number of halogens is 2. The Hall–Kier alpha value is -2.99. The van der Waals surface area contributed by atoms with Crippen molar-refractivity contribution in [2.75, 3.05) is 10.6 Å². The number of rotatable bonds is 5. The van der Waals surface area contributed by atoms with Crippen molar-refractivity contribution in [2.45, 2.75) is 13.8 Å². The van der Waals surface area contributed by atoms with Gasteiger partial charge in [-0.05, 0) is 56.3 Å². The van der Waals surface area contributed by atoms with E-state index in [2.05, 4.69) is 10.6 Å². The molecule has 2 N–H and O–H groups in total. The van der Waals surface area contributed by atoms with Crippen LogP contribution in [-0.2, 0) is 9.59 Å². The lowest BCUT2D eigenvalue weighted by molar-refractivity contribution is -0.114. The summed E-state index contributed by atoms with van der Waals surface area (Å²) in [4.78, 5) is 35.3. The van der Waals surface area contributed by atoms with Crippen LogP contribution >= 0.6 is 11.6 Å². The lowest BCUT2D eigenvalue weighted by atomic mass is 10.1.